The second-order valence-electron chi connectivity index (χ2n) is 3.89. The molecular formula is C15H17NO2S. The van der Waals surface area contributed by atoms with E-state index in [1.54, 1.807) is 18.9 Å². The number of hydrogen-bond acceptors (Lipinski definition) is 4. The fraction of sp³-hybridized carbons (Fsp3) is 0.200. The van der Waals surface area contributed by atoms with Crippen LogP contribution in [0.5, 0.6) is 17.2 Å². The zero-order valence-corrected chi connectivity index (χ0v) is 11.9. The van der Waals surface area contributed by atoms with E-state index in [9.17, 15) is 0 Å². The molecular weight excluding hydrogens is 258 g/mol. The van der Waals surface area contributed by atoms with Crippen LogP contribution in [0.15, 0.2) is 47.4 Å². The maximum Gasteiger partial charge on any atom is 0.169 e. The van der Waals surface area contributed by atoms with Crippen molar-refractivity contribution in [3.05, 3.63) is 48.0 Å². The molecule has 0 saturated heterocycles. The highest BCUT2D eigenvalue weighted by molar-refractivity contribution is 7.98. The number of rotatable bonds is 5. The van der Waals surface area contributed by atoms with Crippen LogP contribution in [0.3, 0.4) is 0 Å². The van der Waals surface area contributed by atoms with Crippen molar-refractivity contribution >= 4 is 11.8 Å². The van der Waals surface area contributed by atoms with Crippen molar-refractivity contribution in [1.29, 1.82) is 0 Å². The molecule has 19 heavy (non-hydrogen) atoms. The minimum absolute atomic E-state index is 0.446. The second kappa shape index (κ2) is 6.50. The summed E-state index contributed by atoms with van der Waals surface area (Å²) in [6.45, 7) is 0.446. The number of thioether (sulfide) groups is 1. The zero-order valence-electron chi connectivity index (χ0n) is 11.1. The molecule has 0 atom stereocenters. The Morgan fingerprint density at radius 2 is 1.68 bits per heavy atom. The molecule has 0 saturated carbocycles. The van der Waals surface area contributed by atoms with Gasteiger partial charge in [0.1, 0.15) is 5.75 Å². The Morgan fingerprint density at radius 3 is 2.32 bits per heavy atom. The molecule has 0 aliphatic heterocycles. The summed E-state index contributed by atoms with van der Waals surface area (Å²) >= 11 is 1.66. The summed E-state index contributed by atoms with van der Waals surface area (Å²) in [6.07, 6.45) is 2.03. The number of ether oxygens (including phenoxy) is 2. The van der Waals surface area contributed by atoms with Crippen LogP contribution in [0.2, 0.25) is 0 Å². The molecule has 0 radical (unpaired) electrons. The molecule has 0 unspecified atom stereocenters. The summed E-state index contributed by atoms with van der Waals surface area (Å²) in [4.78, 5) is 1.13. The highest BCUT2D eigenvalue weighted by Crippen LogP contribution is 2.35. The summed E-state index contributed by atoms with van der Waals surface area (Å²) in [7, 11) is 1.63. The van der Waals surface area contributed by atoms with Gasteiger partial charge >= 0.3 is 0 Å². The maximum absolute atomic E-state index is 5.95. The van der Waals surface area contributed by atoms with Crippen molar-refractivity contribution in [1.82, 2.24) is 0 Å². The SMILES string of the molecule is COc1ccccc1Oc1cccc(SC)c1CN. The Hall–Kier alpha value is -1.65. The minimum atomic E-state index is 0.446. The van der Waals surface area contributed by atoms with Gasteiger partial charge in [-0.1, -0.05) is 18.2 Å². The van der Waals surface area contributed by atoms with Gasteiger partial charge in [-0.15, -0.1) is 11.8 Å². The number of benzene rings is 2. The largest absolute Gasteiger partial charge is 0.493 e. The summed E-state index contributed by atoms with van der Waals surface area (Å²) in [5.41, 5.74) is 6.84. The van der Waals surface area contributed by atoms with E-state index in [0.29, 0.717) is 18.0 Å². The predicted octanol–water partition coefficient (Wildman–Crippen LogP) is 3.67. The van der Waals surface area contributed by atoms with Gasteiger partial charge in [-0.3, -0.25) is 0 Å². The van der Waals surface area contributed by atoms with Crippen molar-refractivity contribution < 1.29 is 9.47 Å². The van der Waals surface area contributed by atoms with Gasteiger partial charge in [0.15, 0.2) is 11.5 Å². The lowest BCUT2D eigenvalue weighted by Crippen LogP contribution is -2.01. The Labute approximate surface area is 117 Å². The fourth-order valence-electron chi connectivity index (χ4n) is 1.86. The van der Waals surface area contributed by atoms with E-state index < -0.39 is 0 Å². The first-order valence-corrected chi connectivity index (χ1v) is 7.19. The van der Waals surface area contributed by atoms with E-state index in [-0.39, 0.29) is 0 Å². The van der Waals surface area contributed by atoms with E-state index in [1.165, 1.54) is 0 Å². The van der Waals surface area contributed by atoms with Gasteiger partial charge in [0.25, 0.3) is 0 Å². The molecule has 2 N–H and O–H groups in total. The van der Waals surface area contributed by atoms with Crippen LogP contribution in [0.25, 0.3) is 0 Å². The molecule has 0 aromatic heterocycles. The van der Waals surface area contributed by atoms with Crippen molar-refractivity contribution in [2.45, 2.75) is 11.4 Å². The van der Waals surface area contributed by atoms with Gasteiger partial charge in [0, 0.05) is 17.0 Å². The average Bonchev–Trinajstić information content (AvgIpc) is 2.47. The Morgan fingerprint density at radius 1 is 1.00 bits per heavy atom. The van der Waals surface area contributed by atoms with Crippen LogP contribution in [0.4, 0.5) is 0 Å². The lowest BCUT2D eigenvalue weighted by atomic mass is 10.2. The van der Waals surface area contributed by atoms with Crippen LogP contribution in [0, 0.1) is 0 Å². The highest BCUT2D eigenvalue weighted by Gasteiger charge is 2.10. The highest BCUT2D eigenvalue weighted by atomic mass is 32.2. The van der Waals surface area contributed by atoms with E-state index in [2.05, 4.69) is 0 Å². The van der Waals surface area contributed by atoms with Gasteiger partial charge in [0.2, 0.25) is 0 Å². The Kier molecular flexibility index (Phi) is 4.71. The molecule has 0 spiro atoms. The molecule has 0 bridgehead atoms. The standard InChI is InChI=1S/C15H17NO2S/c1-17-13-6-3-4-7-14(13)18-12-8-5-9-15(19-2)11(12)10-16/h3-9H,10,16H2,1-2H3. The molecule has 0 fully saturated rings. The summed E-state index contributed by atoms with van der Waals surface area (Å²) in [5.74, 6) is 2.18. The third-order valence-electron chi connectivity index (χ3n) is 2.80. The topological polar surface area (TPSA) is 44.5 Å². The van der Waals surface area contributed by atoms with Crippen LogP contribution in [0.1, 0.15) is 5.56 Å². The third kappa shape index (κ3) is 3.03. The molecule has 2 rings (SSSR count). The molecule has 4 heteroatoms. The van der Waals surface area contributed by atoms with E-state index in [1.807, 2.05) is 48.7 Å². The fourth-order valence-corrected chi connectivity index (χ4v) is 2.50. The number of para-hydroxylation sites is 2. The van der Waals surface area contributed by atoms with Crippen molar-refractivity contribution in [2.75, 3.05) is 13.4 Å². The van der Waals surface area contributed by atoms with Gasteiger partial charge in [-0.05, 0) is 30.5 Å². The first kappa shape index (κ1) is 13.8. The first-order chi connectivity index (χ1) is 9.30. The van der Waals surface area contributed by atoms with E-state index >= 15 is 0 Å². The van der Waals surface area contributed by atoms with Crippen LogP contribution in [-0.2, 0) is 6.54 Å². The smallest absolute Gasteiger partial charge is 0.169 e. The van der Waals surface area contributed by atoms with Gasteiger partial charge in [-0.2, -0.15) is 0 Å². The minimum Gasteiger partial charge on any atom is -0.493 e. The molecule has 0 amide bonds. The van der Waals surface area contributed by atoms with Crippen molar-refractivity contribution in [3.8, 4) is 17.2 Å². The van der Waals surface area contributed by atoms with E-state index in [4.69, 9.17) is 15.2 Å². The van der Waals surface area contributed by atoms with Gasteiger partial charge in [-0.25, -0.2) is 0 Å². The summed E-state index contributed by atoms with van der Waals surface area (Å²) < 4.78 is 11.2. The van der Waals surface area contributed by atoms with Gasteiger partial charge in [0.05, 0.1) is 7.11 Å². The Bertz CT molecular complexity index is 558. The summed E-state index contributed by atoms with van der Waals surface area (Å²) in [6, 6.07) is 13.5. The first-order valence-electron chi connectivity index (χ1n) is 5.97. The van der Waals surface area contributed by atoms with Crippen LogP contribution >= 0.6 is 11.8 Å². The Balaban J connectivity index is 2.38. The van der Waals surface area contributed by atoms with Crippen molar-refractivity contribution in [3.63, 3.8) is 0 Å². The third-order valence-corrected chi connectivity index (χ3v) is 3.63. The molecule has 2 aromatic rings. The van der Waals surface area contributed by atoms with Crippen LogP contribution < -0.4 is 15.2 Å². The van der Waals surface area contributed by atoms with Gasteiger partial charge < -0.3 is 15.2 Å². The quantitative estimate of drug-likeness (QED) is 0.846. The molecule has 100 valence electrons. The summed E-state index contributed by atoms with van der Waals surface area (Å²) in [5, 5.41) is 0. The lowest BCUT2D eigenvalue weighted by Gasteiger charge is -2.14. The van der Waals surface area contributed by atoms with E-state index in [0.717, 1.165) is 16.2 Å². The number of methoxy groups -OCH3 is 1. The molecule has 3 nitrogen and oxygen atoms in total. The monoisotopic (exact) mass is 275 g/mol. The molecule has 0 aliphatic rings. The zero-order chi connectivity index (χ0) is 13.7. The maximum atomic E-state index is 5.95. The molecule has 0 heterocycles. The lowest BCUT2D eigenvalue weighted by molar-refractivity contribution is 0.377. The predicted molar refractivity (Wildman–Crippen MR) is 79.2 cm³/mol. The number of hydrogen-bond donors (Lipinski definition) is 1. The van der Waals surface area contributed by atoms with Crippen LogP contribution in [-0.4, -0.2) is 13.4 Å². The average molecular weight is 275 g/mol. The normalized spacial score (nSPS) is 10.3. The van der Waals surface area contributed by atoms with Crippen molar-refractivity contribution in [2.24, 2.45) is 5.73 Å². The second-order valence-corrected chi connectivity index (χ2v) is 4.74. The molecule has 0 aliphatic carbocycles. The molecule has 2 aromatic carbocycles. The number of nitrogens with two attached hydrogens (primary N) is 1.